The maximum absolute atomic E-state index is 5.54. The van der Waals surface area contributed by atoms with Crippen molar-refractivity contribution in [2.24, 2.45) is 5.92 Å². The Kier molecular flexibility index (Phi) is 6.37. The van der Waals surface area contributed by atoms with Gasteiger partial charge in [-0.25, -0.2) is 0 Å². The van der Waals surface area contributed by atoms with Crippen LogP contribution in [0.15, 0.2) is 36.5 Å². The van der Waals surface area contributed by atoms with E-state index in [0.717, 1.165) is 44.1 Å². The zero-order valence-electron chi connectivity index (χ0n) is 12.8. The van der Waals surface area contributed by atoms with Crippen LogP contribution in [0.2, 0.25) is 0 Å². The molecule has 5 heteroatoms. The first-order chi connectivity index (χ1) is 10.3. The SMILES string of the molecule is CC(C)COCCCNCc1cnn(-c2ccccc2)n1. The molecule has 1 N–H and O–H groups in total. The average Bonchev–Trinajstić information content (AvgIpc) is 2.96. The highest BCUT2D eigenvalue weighted by Crippen LogP contribution is 2.04. The summed E-state index contributed by atoms with van der Waals surface area (Å²) in [6.45, 7) is 7.63. The van der Waals surface area contributed by atoms with Crippen LogP contribution in [0.3, 0.4) is 0 Å². The second-order valence-corrected chi connectivity index (χ2v) is 5.46. The van der Waals surface area contributed by atoms with Crippen molar-refractivity contribution in [3.05, 3.63) is 42.2 Å². The number of nitrogens with one attached hydrogen (secondary N) is 1. The summed E-state index contributed by atoms with van der Waals surface area (Å²) in [5.41, 5.74) is 1.92. The molecule has 0 aliphatic heterocycles. The molecule has 1 heterocycles. The van der Waals surface area contributed by atoms with Crippen molar-refractivity contribution in [3.63, 3.8) is 0 Å². The topological polar surface area (TPSA) is 52.0 Å². The Labute approximate surface area is 126 Å². The van der Waals surface area contributed by atoms with E-state index in [1.807, 2.05) is 30.3 Å². The Morgan fingerprint density at radius 1 is 1.24 bits per heavy atom. The molecule has 0 amide bonds. The van der Waals surface area contributed by atoms with Crippen LogP contribution in [-0.2, 0) is 11.3 Å². The van der Waals surface area contributed by atoms with Crippen LogP contribution >= 0.6 is 0 Å². The van der Waals surface area contributed by atoms with Crippen molar-refractivity contribution in [2.45, 2.75) is 26.8 Å². The maximum Gasteiger partial charge on any atom is 0.0969 e. The van der Waals surface area contributed by atoms with Crippen molar-refractivity contribution in [2.75, 3.05) is 19.8 Å². The lowest BCUT2D eigenvalue weighted by Gasteiger charge is -2.06. The van der Waals surface area contributed by atoms with Crippen LogP contribution in [0, 0.1) is 5.92 Å². The Bertz CT molecular complexity index is 510. The summed E-state index contributed by atoms with van der Waals surface area (Å²) in [6.07, 6.45) is 2.81. The van der Waals surface area contributed by atoms with Crippen LogP contribution < -0.4 is 5.32 Å². The van der Waals surface area contributed by atoms with Crippen molar-refractivity contribution in [1.82, 2.24) is 20.3 Å². The molecule has 0 fully saturated rings. The van der Waals surface area contributed by atoms with Crippen LogP contribution in [0.25, 0.3) is 5.69 Å². The zero-order chi connectivity index (χ0) is 14.9. The summed E-state index contributed by atoms with van der Waals surface area (Å²) in [5, 5.41) is 12.1. The lowest BCUT2D eigenvalue weighted by atomic mass is 10.2. The van der Waals surface area contributed by atoms with E-state index in [2.05, 4.69) is 29.4 Å². The third-order valence-corrected chi connectivity index (χ3v) is 2.93. The predicted molar refractivity (Wildman–Crippen MR) is 83.3 cm³/mol. The van der Waals surface area contributed by atoms with Crippen molar-refractivity contribution >= 4 is 0 Å². The van der Waals surface area contributed by atoms with Gasteiger partial charge in [0.2, 0.25) is 0 Å². The number of benzene rings is 1. The van der Waals surface area contributed by atoms with E-state index < -0.39 is 0 Å². The molecule has 0 aliphatic rings. The largest absolute Gasteiger partial charge is 0.381 e. The molecule has 0 aliphatic carbocycles. The van der Waals surface area contributed by atoms with Gasteiger partial charge in [-0.2, -0.15) is 15.0 Å². The minimum atomic E-state index is 0.603. The Balaban J connectivity index is 1.65. The summed E-state index contributed by atoms with van der Waals surface area (Å²) in [4.78, 5) is 1.66. The van der Waals surface area contributed by atoms with Gasteiger partial charge in [0.15, 0.2) is 0 Å². The van der Waals surface area contributed by atoms with Gasteiger partial charge in [-0.3, -0.25) is 0 Å². The van der Waals surface area contributed by atoms with Gasteiger partial charge in [-0.15, -0.1) is 0 Å². The molecule has 0 radical (unpaired) electrons. The maximum atomic E-state index is 5.54. The molecular weight excluding hydrogens is 264 g/mol. The highest BCUT2D eigenvalue weighted by atomic mass is 16.5. The van der Waals surface area contributed by atoms with Crippen molar-refractivity contribution in [3.8, 4) is 5.69 Å². The van der Waals surface area contributed by atoms with Gasteiger partial charge in [0.05, 0.1) is 17.6 Å². The number of hydrogen-bond donors (Lipinski definition) is 1. The Morgan fingerprint density at radius 2 is 2.05 bits per heavy atom. The minimum Gasteiger partial charge on any atom is -0.381 e. The van der Waals surface area contributed by atoms with E-state index >= 15 is 0 Å². The molecule has 1 aromatic heterocycles. The summed E-state index contributed by atoms with van der Waals surface area (Å²) < 4.78 is 5.54. The summed E-state index contributed by atoms with van der Waals surface area (Å²) >= 11 is 0. The van der Waals surface area contributed by atoms with Crippen LogP contribution in [-0.4, -0.2) is 34.8 Å². The molecule has 0 bridgehead atoms. The highest BCUT2D eigenvalue weighted by molar-refractivity contribution is 5.28. The molecule has 1 aromatic carbocycles. The van der Waals surface area contributed by atoms with Crippen molar-refractivity contribution in [1.29, 1.82) is 0 Å². The van der Waals surface area contributed by atoms with Gasteiger partial charge in [-0.1, -0.05) is 32.0 Å². The average molecular weight is 288 g/mol. The van der Waals surface area contributed by atoms with E-state index in [9.17, 15) is 0 Å². The first kappa shape index (κ1) is 15.7. The minimum absolute atomic E-state index is 0.603. The van der Waals surface area contributed by atoms with E-state index in [1.165, 1.54) is 0 Å². The van der Waals surface area contributed by atoms with Crippen LogP contribution in [0.1, 0.15) is 26.0 Å². The van der Waals surface area contributed by atoms with Crippen LogP contribution in [0.4, 0.5) is 0 Å². The summed E-state index contributed by atoms with van der Waals surface area (Å²) in [5.74, 6) is 0.603. The molecular formula is C16H24N4O. The fraction of sp³-hybridized carbons (Fsp3) is 0.500. The molecule has 0 unspecified atom stereocenters. The first-order valence-corrected chi connectivity index (χ1v) is 7.51. The fourth-order valence-corrected chi connectivity index (χ4v) is 1.90. The first-order valence-electron chi connectivity index (χ1n) is 7.51. The Hall–Kier alpha value is -1.72. The van der Waals surface area contributed by atoms with Gasteiger partial charge in [0.1, 0.15) is 0 Å². The van der Waals surface area contributed by atoms with E-state index in [4.69, 9.17) is 4.74 Å². The molecule has 2 aromatic rings. The van der Waals surface area contributed by atoms with Crippen LogP contribution in [0.5, 0.6) is 0 Å². The molecule has 5 nitrogen and oxygen atoms in total. The molecule has 2 rings (SSSR count). The lowest BCUT2D eigenvalue weighted by molar-refractivity contribution is 0.108. The molecule has 21 heavy (non-hydrogen) atoms. The third kappa shape index (κ3) is 5.65. The Morgan fingerprint density at radius 3 is 2.81 bits per heavy atom. The smallest absolute Gasteiger partial charge is 0.0969 e. The van der Waals surface area contributed by atoms with Gasteiger partial charge in [0.25, 0.3) is 0 Å². The van der Waals surface area contributed by atoms with E-state index in [1.54, 1.807) is 11.0 Å². The molecule has 114 valence electrons. The third-order valence-electron chi connectivity index (χ3n) is 2.93. The predicted octanol–water partition coefficient (Wildman–Crippen LogP) is 2.42. The molecule has 0 spiro atoms. The van der Waals surface area contributed by atoms with E-state index in [0.29, 0.717) is 5.92 Å². The number of aromatic nitrogens is 3. The fourth-order valence-electron chi connectivity index (χ4n) is 1.90. The highest BCUT2D eigenvalue weighted by Gasteiger charge is 2.02. The normalized spacial score (nSPS) is 11.2. The number of ether oxygens (including phenoxy) is 1. The number of rotatable bonds is 9. The monoisotopic (exact) mass is 288 g/mol. The summed E-state index contributed by atoms with van der Waals surface area (Å²) in [6, 6.07) is 9.92. The molecule has 0 saturated carbocycles. The van der Waals surface area contributed by atoms with Gasteiger partial charge < -0.3 is 10.1 Å². The number of para-hydroxylation sites is 1. The second-order valence-electron chi connectivity index (χ2n) is 5.46. The second kappa shape index (κ2) is 8.54. The molecule has 0 saturated heterocycles. The lowest BCUT2D eigenvalue weighted by Crippen LogP contribution is -2.17. The quantitative estimate of drug-likeness (QED) is 0.720. The standard InChI is InChI=1S/C16H24N4O/c1-14(2)13-21-10-6-9-17-11-15-12-18-20(19-15)16-7-4-3-5-8-16/h3-5,7-8,12,14,17H,6,9-11,13H2,1-2H3. The summed E-state index contributed by atoms with van der Waals surface area (Å²) in [7, 11) is 0. The van der Waals surface area contributed by atoms with Gasteiger partial charge in [0, 0.05) is 19.8 Å². The van der Waals surface area contributed by atoms with Gasteiger partial charge in [-0.05, 0) is 31.0 Å². The number of hydrogen-bond acceptors (Lipinski definition) is 4. The molecule has 0 atom stereocenters. The van der Waals surface area contributed by atoms with Gasteiger partial charge >= 0.3 is 0 Å². The van der Waals surface area contributed by atoms with E-state index in [-0.39, 0.29) is 0 Å². The zero-order valence-corrected chi connectivity index (χ0v) is 12.8. The number of nitrogens with zero attached hydrogens (tertiary/aromatic N) is 3. The van der Waals surface area contributed by atoms with Crippen molar-refractivity contribution < 1.29 is 4.74 Å².